The summed E-state index contributed by atoms with van der Waals surface area (Å²) in [5.74, 6) is 0. The molecule has 2 aromatic carbocycles. The van der Waals surface area contributed by atoms with Crippen LogP contribution in [0.15, 0.2) is 53.7 Å². The maximum absolute atomic E-state index is 8.49. The van der Waals surface area contributed by atoms with Gasteiger partial charge in [-0.25, -0.2) is 0 Å². The van der Waals surface area contributed by atoms with Crippen molar-refractivity contribution in [1.29, 1.82) is 0 Å². The van der Waals surface area contributed by atoms with Crippen LogP contribution in [-0.2, 0) is 0 Å². The summed E-state index contributed by atoms with van der Waals surface area (Å²) >= 11 is 0. The second-order valence-electron chi connectivity index (χ2n) is 5.70. The van der Waals surface area contributed by atoms with Crippen molar-refractivity contribution in [2.75, 3.05) is 41.3 Å². The van der Waals surface area contributed by atoms with Crippen molar-refractivity contribution in [1.82, 2.24) is 0 Å². The Hall–Kier alpha value is -2.69. The van der Waals surface area contributed by atoms with Crippen LogP contribution in [0.1, 0.15) is 5.56 Å². The maximum Gasteiger partial charge on any atom is 0.132 e. The Bertz CT molecular complexity index is 664. The largest absolute Gasteiger partial charge is 0.410 e. The fourth-order valence-corrected chi connectivity index (χ4v) is 2.97. The Balaban J connectivity index is 1.64. The van der Waals surface area contributed by atoms with E-state index in [1.807, 2.05) is 6.07 Å². The molecule has 23 heavy (non-hydrogen) atoms. The van der Waals surface area contributed by atoms with E-state index in [9.17, 15) is 0 Å². The average molecular weight is 310 g/mol. The highest BCUT2D eigenvalue weighted by Gasteiger charge is 2.17. The minimum atomic E-state index is 0.953. The van der Waals surface area contributed by atoms with Crippen molar-refractivity contribution in [3.8, 4) is 0 Å². The smallest absolute Gasteiger partial charge is 0.132 e. The van der Waals surface area contributed by atoms with E-state index < -0.39 is 0 Å². The molecule has 0 bridgehead atoms. The van der Waals surface area contributed by atoms with Gasteiger partial charge in [0, 0.05) is 43.2 Å². The molecule has 0 aliphatic carbocycles. The number of rotatable bonds is 4. The number of hydrogen-bond donors (Lipinski definition) is 2. The molecule has 1 fully saturated rings. The molecule has 0 spiro atoms. The molecule has 0 amide bonds. The maximum atomic E-state index is 8.49. The first kappa shape index (κ1) is 15.2. The number of nitrogens with one attached hydrogen (secondary N) is 1. The SMILES string of the molecule is Cc1cc(N2CCN(c3ccccc3)CC2)ccc1N/C=N/O. The third kappa shape index (κ3) is 3.56. The van der Waals surface area contributed by atoms with Gasteiger partial charge in [0.05, 0.1) is 0 Å². The topological polar surface area (TPSA) is 51.1 Å². The predicted molar refractivity (Wildman–Crippen MR) is 95.9 cm³/mol. The standard InChI is InChI=1S/C18H22N4O/c1-15-13-17(7-8-18(15)19-14-20-23)22-11-9-21(10-12-22)16-5-3-2-4-6-16/h2-8,13-14,23H,9-12H2,1H3,(H,19,20). The Labute approximate surface area is 136 Å². The average Bonchev–Trinajstić information content (AvgIpc) is 2.61. The van der Waals surface area contributed by atoms with Crippen LogP contribution in [0.2, 0.25) is 0 Å². The number of hydrogen-bond acceptors (Lipinski definition) is 4. The summed E-state index contributed by atoms with van der Waals surface area (Å²) in [6.07, 6.45) is 1.28. The van der Waals surface area contributed by atoms with Crippen molar-refractivity contribution in [3.63, 3.8) is 0 Å². The molecular formula is C18H22N4O. The molecule has 0 aromatic heterocycles. The molecule has 5 heteroatoms. The molecule has 3 rings (SSSR count). The van der Waals surface area contributed by atoms with E-state index in [-0.39, 0.29) is 0 Å². The lowest BCUT2D eigenvalue weighted by molar-refractivity contribution is 0.321. The second-order valence-corrected chi connectivity index (χ2v) is 5.70. The van der Waals surface area contributed by atoms with Crippen LogP contribution in [0.5, 0.6) is 0 Å². The van der Waals surface area contributed by atoms with E-state index in [1.165, 1.54) is 17.7 Å². The molecule has 5 nitrogen and oxygen atoms in total. The van der Waals surface area contributed by atoms with Crippen LogP contribution in [0.25, 0.3) is 0 Å². The van der Waals surface area contributed by atoms with Gasteiger partial charge in [-0.1, -0.05) is 23.4 Å². The van der Waals surface area contributed by atoms with Gasteiger partial charge in [0.25, 0.3) is 0 Å². The van der Waals surface area contributed by atoms with Crippen molar-refractivity contribution in [3.05, 3.63) is 54.1 Å². The van der Waals surface area contributed by atoms with E-state index in [0.717, 1.165) is 37.4 Å². The number of oxime groups is 1. The first-order chi connectivity index (χ1) is 11.3. The van der Waals surface area contributed by atoms with Gasteiger partial charge in [0.2, 0.25) is 0 Å². The number of para-hydroxylation sites is 1. The van der Waals surface area contributed by atoms with Crippen LogP contribution in [0.3, 0.4) is 0 Å². The molecule has 0 saturated carbocycles. The normalized spacial score (nSPS) is 15.2. The lowest BCUT2D eigenvalue weighted by Gasteiger charge is -2.37. The third-order valence-electron chi connectivity index (χ3n) is 4.25. The summed E-state index contributed by atoms with van der Waals surface area (Å²) < 4.78 is 0. The van der Waals surface area contributed by atoms with E-state index >= 15 is 0 Å². The van der Waals surface area contributed by atoms with Gasteiger partial charge < -0.3 is 20.3 Å². The Morgan fingerprint density at radius 1 is 0.957 bits per heavy atom. The summed E-state index contributed by atoms with van der Waals surface area (Å²) in [7, 11) is 0. The lowest BCUT2D eigenvalue weighted by Crippen LogP contribution is -2.46. The predicted octanol–water partition coefficient (Wildman–Crippen LogP) is 3.15. The minimum Gasteiger partial charge on any atom is -0.410 e. The summed E-state index contributed by atoms with van der Waals surface area (Å²) in [6, 6.07) is 16.9. The lowest BCUT2D eigenvalue weighted by atomic mass is 10.1. The molecule has 0 atom stereocenters. The highest BCUT2D eigenvalue weighted by molar-refractivity contribution is 5.77. The monoisotopic (exact) mass is 310 g/mol. The molecule has 1 heterocycles. The van der Waals surface area contributed by atoms with Gasteiger partial charge in [0.1, 0.15) is 6.34 Å². The first-order valence-corrected chi connectivity index (χ1v) is 7.86. The van der Waals surface area contributed by atoms with Gasteiger partial charge in [-0.2, -0.15) is 0 Å². The molecule has 2 aromatic rings. The number of piperazine rings is 1. The van der Waals surface area contributed by atoms with Crippen LogP contribution < -0.4 is 15.1 Å². The van der Waals surface area contributed by atoms with E-state index in [1.54, 1.807) is 0 Å². The zero-order chi connectivity index (χ0) is 16.1. The zero-order valence-corrected chi connectivity index (χ0v) is 13.3. The number of anilines is 3. The highest BCUT2D eigenvalue weighted by Crippen LogP contribution is 2.24. The number of aryl methyl sites for hydroxylation is 1. The summed E-state index contributed by atoms with van der Waals surface area (Å²) in [6.45, 7) is 6.14. The molecule has 0 radical (unpaired) electrons. The second kappa shape index (κ2) is 7.05. The summed E-state index contributed by atoms with van der Waals surface area (Å²) in [5.41, 5.74) is 4.62. The first-order valence-electron chi connectivity index (χ1n) is 7.86. The molecule has 1 saturated heterocycles. The Morgan fingerprint density at radius 3 is 2.22 bits per heavy atom. The van der Waals surface area contributed by atoms with Gasteiger partial charge >= 0.3 is 0 Å². The van der Waals surface area contributed by atoms with E-state index in [0.29, 0.717) is 0 Å². The van der Waals surface area contributed by atoms with Crippen molar-refractivity contribution >= 4 is 23.4 Å². The molecule has 120 valence electrons. The Kier molecular flexibility index (Phi) is 4.66. The quantitative estimate of drug-likeness (QED) is 0.394. The van der Waals surface area contributed by atoms with Gasteiger partial charge in [0.15, 0.2) is 0 Å². The summed E-state index contributed by atoms with van der Waals surface area (Å²) in [4.78, 5) is 4.84. The van der Waals surface area contributed by atoms with Gasteiger partial charge in [-0.3, -0.25) is 0 Å². The third-order valence-corrected chi connectivity index (χ3v) is 4.25. The van der Waals surface area contributed by atoms with E-state index in [2.05, 4.69) is 69.7 Å². The molecular weight excluding hydrogens is 288 g/mol. The zero-order valence-electron chi connectivity index (χ0n) is 13.3. The number of benzene rings is 2. The van der Waals surface area contributed by atoms with Crippen LogP contribution >= 0.6 is 0 Å². The molecule has 1 aliphatic heterocycles. The van der Waals surface area contributed by atoms with Crippen LogP contribution in [0.4, 0.5) is 17.1 Å². The highest BCUT2D eigenvalue weighted by atomic mass is 16.4. The van der Waals surface area contributed by atoms with Crippen LogP contribution in [-0.4, -0.2) is 37.7 Å². The molecule has 2 N–H and O–H groups in total. The minimum absolute atomic E-state index is 0.953. The Morgan fingerprint density at radius 2 is 1.61 bits per heavy atom. The van der Waals surface area contributed by atoms with Gasteiger partial charge in [-0.05, 0) is 42.8 Å². The number of nitrogens with zero attached hydrogens (tertiary/aromatic N) is 3. The van der Waals surface area contributed by atoms with Gasteiger partial charge in [-0.15, -0.1) is 0 Å². The fraction of sp³-hybridized carbons (Fsp3) is 0.278. The van der Waals surface area contributed by atoms with Crippen molar-refractivity contribution < 1.29 is 5.21 Å². The fourth-order valence-electron chi connectivity index (χ4n) is 2.97. The van der Waals surface area contributed by atoms with E-state index in [4.69, 9.17) is 5.21 Å². The van der Waals surface area contributed by atoms with Crippen LogP contribution in [0, 0.1) is 6.92 Å². The van der Waals surface area contributed by atoms with Crippen molar-refractivity contribution in [2.24, 2.45) is 5.16 Å². The summed E-state index contributed by atoms with van der Waals surface area (Å²) in [5, 5.41) is 14.4. The molecule has 0 unspecified atom stereocenters. The van der Waals surface area contributed by atoms with Crippen molar-refractivity contribution in [2.45, 2.75) is 6.92 Å². The molecule has 1 aliphatic rings.